The zero-order valence-electron chi connectivity index (χ0n) is 18.5. The molecule has 0 aromatic rings. The van der Waals surface area contributed by atoms with Crippen molar-refractivity contribution in [3.8, 4) is 0 Å². The van der Waals surface area contributed by atoms with Gasteiger partial charge < -0.3 is 44.4 Å². The highest BCUT2D eigenvalue weighted by molar-refractivity contribution is 6.43. The first-order valence-corrected chi connectivity index (χ1v) is 11.3. The third kappa shape index (κ3) is 8.76. The van der Waals surface area contributed by atoms with Crippen LogP contribution in [0.3, 0.4) is 0 Å². The van der Waals surface area contributed by atoms with E-state index in [1.807, 2.05) is 20.8 Å². The Bertz CT molecular complexity index is 421. The number of hydrogen-bond acceptors (Lipinski definition) is 9. The lowest BCUT2D eigenvalue weighted by atomic mass is 9.75. The van der Waals surface area contributed by atoms with Gasteiger partial charge in [-0.15, -0.1) is 0 Å². The molecule has 0 spiro atoms. The van der Waals surface area contributed by atoms with Gasteiger partial charge in [0.15, 0.2) is 0 Å². The molecule has 6 atom stereocenters. The van der Waals surface area contributed by atoms with Crippen LogP contribution in [0, 0.1) is 0 Å². The molecule has 12 heteroatoms. The molecule has 0 aliphatic heterocycles. The minimum atomic E-state index is -1.63. The molecule has 6 N–H and O–H groups in total. The highest BCUT2D eigenvalue weighted by atomic mass is 16.6. The van der Waals surface area contributed by atoms with E-state index in [9.17, 15) is 30.4 Å². The number of aliphatic hydroxyl groups excluding tert-OH is 3. The van der Waals surface area contributed by atoms with E-state index in [4.69, 9.17) is 14.0 Å². The lowest BCUT2D eigenvalue weighted by molar-refractivity contribution is -0.213. The normalized spacial score (nSPS) is 29.1. The summed E-state index contributed by atoms with van der Waals surface area (Å²) in [5, 5.41) is 62.0. The van der Waals surface area contributed by atoms with Crippen LogP contribution in [0.2, 0.25) is 19.0 Å². The van der Waals surface area contributed by atoms with Crippen molar-refractivity contribution in [2.75, 3.05) is 0 Å². The lowest BCUT2D eigenvalue weighted by Crippen LogP contribution is -2.67. The van der Waals surface area contributed by atoms with Crippen molar-refractivity contribution in [3.05, 3.63) is 0 Å². The topological polar surface area (TPSA) is 149 Å². The van der Waals surface area contributed by atoms with Crippen molar-refractivity contribution in [3.63, 3.8) is 0 Å². The maximum atomic E-state index is 10.5. The highest BCUT2D eigenvalue weighted by Gasteiger charge is 2.53. The highest BCUT2D eigenvalue weighted by Crippen LogP contribution is 2.30. The van der Waals surface area contributed by atoms with Gasteiger partial charge in [0.1, 0.15) is 18.3 Å². The van der Waals surface area contributed by atoms with Crippen LogP contribution >= 0.6 is 0 Å². The first-order valence-electron chi connectivity index (χ1n) is 11.3. The SMILES string of the molecule is CCCCB(O)OC1[C@@H](OB(O)CCCC)[C@H](O)C(O)[C@@H](O)[C@H]1OB(O)CCCC. The zero-order valence-corrected chi connectivity index (χ0v) is 18.5. The predicted molar refractivity (Wildman–Crippen MR) is 116 cm³/mol. The van der Waals surface area contributed by atoms with Gasteiger partial charge in [-0.2, -0.15) is 0 Å². The van der Waals surface area contributed by atoms with Crippen LogP contribution in [0.5, 0.6) is 0 Å². The van der Waals surface area contributed by atoms with E-state index in [2.05, 4.69) is 0 Å². The Morgan fingerprint density at radius 1 is 0.533 bits per heavy atom. The van der Waals surface area contributed by atoms with Gasteiger partial charge in [-0.3, -0.25) is 0 Å². The van der Waals surface area contributed by atoms with Gasteiger partial charge in [-0.25, -0.2) is 0 Å². The second kappa shape index (κ2) is 14.8. The van der Waals surface area contributed by atoms with Crippen molar-refractivity contribution in [1.82, 2.24) is 0 Å². The van der Waals surface area contributed by atoms with Crippen LogP contribution in [-0.4, -0.2) is 88.4 Å². The minimum absolute atomic E-state index is 0.314. The van der Waals surface area contributed by atoms with Gasteiger partial charge in [0.05, 0.1) is 18.3 Å². The molecule has 0 bridgehead atoms. The second-order valence-corrected chi connectivity index (χ2v) is 8.06. The van der Waals surface area contributed by atoms with Gasteiger partial charge in [0, 0.05) is 0 Å². The Balaban J connectivity index is 3.05. The largest absolute Gasteiger partial charge is 0.454 e. The molecule has 30 heavy (non-hydrogen) atoms. The number of rotatable bonds is 15. The van der Waals surface area contributed by atoms with E-state index in [1.165, 1.54) is 0 Å². The first kappa shape index (κ1) is 27.9. The predicted octanol–water partition coefficient (Wildman–Crippen LogP) is 0.0801. The molecule has 0 saturated heterocycles. The summed E-state index contributed by atoms with van der Waals surface area (Å²) in [4.78, 5) is 0. The average molecular weight is 432 g/mol. The Labute approximate surface area is 181 Å². The van der Waals surface area contributed by atoms with Gasteiger partial charge in [-0.05, 0) is 19.0 Å². The van der Waals surface area contributed by atoms with Crippen molar-refractivity contribution in [2.45, 2.75) is 115 Å². The standard InChI is InChI=1S/C18H39B3O9/c1-4-7-10-19(25)28-16-14(23)13(22)15(24)17(29-20(26)11-8-5-2)18(16)30-21(27)12-9-6-3/h13-18,22-27H,4-12H2,1-3H3/t13?,14-,15-,16-,17+,18?/m1/s1. The van der Waals surface area contributed by atoms with Crippen LogP contribution in [-0.2, 0) is 14.0 Å². The van der Waals surface area contributed by atoms with Crippen LogP contribution in [0.4, 0.5) is 0 Å². The molecular formula is C18H39B3O9. The quantitative estimate of drug-likeness (QED) is 0.198. The van der Waals surface area contributed by atoms with Crippen LogP contribution in [0.1, 0.15) is 59.3 Å². The summed E-state index contributed by atoms with van der Waals surface area (Å²) < 4.78 is 16.8. The Morgan fingerprint density at radius 3 is 1.13 bits per heavy atom. The summed E-state index contributed by atoms with van der Waals surface area (Å²) in [6.07, 6.45) is -3.02. The van der Waals surface area contributed by atoms with Crippen molar-refractivity contribution < 1.29 is 44.4 Å². The summed E-state index contributed by atoms with van der Waals surface area (Å²) in [5.74, 6) is 0. The van der Waals surface area contributed by atoms with E-state index in [0.29, 0.717) is 38.2 Å². The minimum Gasteiger partial charge on any atom is -0.427 e. The summed E-state index contributed by atoms with van der Waals surface area (Å²) in [6.45, 7) is 5.88. The zero-order chi connectivity index (χ0) is 22.7. The molecule has 0 heterocycles. The molecular weight excluding hydrogens is 393 g/mol. The molecule has 0 amide bonds. The molecule has 174 valence electrons. The van der Waals surface area contributed by atoms with E-state index in [0.717, 1.165) is 19.3 Å². The average Bonchev–Trinajstić information content (AvgIpc) is 2.73. The first-order chi connectivity index (χ1) is 14.3. The maximum absolute atomic E-state index is 10.5. The second-order valence-electron chi connectivity index (χ2n) is 8.06. The summed E-state index contributed by atoms with van der Waals surface area (Å²) in [7, 11) is -3.67. The Hall–Kier alpha value is -0.165. The van der Waals surface area contributed by atoms with Crippen molar-refractivity contribution in [1.29, 1.82) is 0 Å². The smallest absolute Gasteiger partial charge is 0.427 e. The lowest BCUT2D eigenvalue weighted by Gasteiger charge is -2.47. The van der Waals surface area contributed by atoms with Crippen LogP contribution < -0.4 is 0 Å². The molecule has 0 aromatic carbocycles. The van der Waals surface area contributed by atoms with Gasteiger partial charge in [0.2, 0.25) is 0 Å². The number of unbranched alkanes of at least 4 members (excludes halogenated alkanes) is 3. The molecule has 0 aromatic heterocycles. The summed E-state index contributed by atoms with van der Waals surface area (Å²) >= 11 is 0. The molecule has 0 radical (unpaired) electrons. The molecule has 9 nitrogen and oxygen atoms in total. The molecule has 1 rings (SSSR count). The van der Waals surface area contributed by atoms with Gasteiger partial charge >= 0.3 is 21.4 Å². The number of aliphatic hydroxyl groups is 3. The van der Waals surface area contributed by atoms with Crippen LogP contribution in [0.25, 0.3) is 0 Å². The van der Waals surface area contributed by atoms with Crippen LogP contribution in [0.15, 0.2) is 0 Å². The number of hydrogen-bond donors (Lipinski definition) is 6. The molecule has 1 saturated carbocycles. The third-order valence-corrected chi connectivity index (χ3v) is 5.38. The molecule has 1 fully saturated rings. The molecule has 1 aliphatic rings. The van der Waals surface area contributed by atoms with E-state index in [1.54, 1.807) is 0 Å². The Kier molecular flexibility index (Phi) is 13.8. The third-order valence-electron chi connectivity index (χ3n) is 5.38. The van der Waals surface area contributed by atoms with Crippen molar-refractivity contribution in [2.24, 2.45) is 0 Å². The van der Waals surface area contributed by atoms with E-state index >= 15 is 0 Å². The Morgan fingerprint density at radius 2 is 0.833 bits per heavy atom. The van der Waals surface area contributed by atoms with E-state index in [-0.39, 0.29) is 0 Å². The van der Waals surface area contributed by atoms with Gasteiger partial charge in [-0.1, -0.05) is 59.3 Å². The monoisotopic (exact) mass is 432 g/mol. The van der Waals surface area contributed by atoms with Gasteiger partial charge in [0.25, 0.3) is 0 Å². The van der Waals surface area contributed by atoms with E-state index < -0.39 is 58.0 Å². The fraction of sp³-hybridized carbons (Fsp3) is 1.00. The fourth-order valence-electron chi connectivity index (χ4n) is 3.52. The fourth-order valence-corrected chi connectivity index (χ4v) is 3.52. The maximum Gasteiger partial charge on any atom is 0.454 e. The van der Waals surface area contributed by atoms with Crippen molar-refractivity contribution >= 4 is 21.4 Å². The summed E-state index contributed by atoms with van der Waals surface area (Å²) in [6, 6.07) is 0. The molecule has 1 aliphatic carbocycles. The summed E-state index contributed by atoms with van der Waals surface area (Å²) in [5.41, 5.74) is 0. The molecule has 2 unspecified atom stereocenters.